The first-order valence-electron chi connectivity index (χ1n) is 7.89. The summed E-state index contributed by atoms with van der Waals surface area (Å²) in [5.41, 5.74) is 1.28. The fraction of sp³-hybridized carbons (Fsp3) is 0.353. The number of unbranched alkanes of at least 4 members (excludes halogenated alkanes) is 1. The molecule has 0 aliphatic heterocycles. The zero-order chi connectivity index (χ0) is 17.4. The highest BCUT2D eigenvalue weighted by molar-refractivity contribution is 6.35. The summed E-state index contributed by atoms with van der Waals surface area (Å²) >= 11 is 12.0. The van der Waals surface area contributed by atoms with Crippen LogP contribution < -0.4 is 10.6 Å². The molecule has 0 unspecified atom stereocenters. The van der Waals surface area contributed by atoms with E-state index in [0.717, 1.165) is 24.9 Å². The monoisotopic (exact) mass is 366 g/mol. The highest BCUT2D eigenvalue weighted by atomic mass is 35.5. The van der Waals surface area contributed by atoms with Crippen LogP contribution in [0.15, 0.2) is 30.5 Å². The van der Waals surface area contributed by atoms with Gasteiger partial charge >= 0.3 is 0 Å². The molecule has 0 saturated heterocycles. The van der Waals surface area contributed by atoms with Crippen molar-refractivity contribution in [1.29, 1.82) is 0 Å². The van der Waals surface area contributed by atoms with Crippen LogP contribution in [0.1, 0.15) is 35.8 Å². The first kappa shape index (κ1) is 18.5. The van der Waals surface area contributed by atoms with Crippen molar-refractivity contribution in [3.63, 3.8) is 0 Å². The third kappa shape index (κ3) is 5.65. The molecule has 1 aromatic carbocycles. The van der Waals surface area contributed by atoms with Gasteiger partial charge in [0, 0.05) is 29.3 Å². The molecule has 2 N–H and O–H groups in total. The van der Waals surface area contributed by atoms with E-state index in [9.17, 15) is 4.79 Å². The van der Waals surface area contributed by atoms with Crippen LogP contribution in [0, 0.1) is 0 Å². The van der Waals surface area contributed by atoms with Gasteiger partial charge in [0.25, 0.3) is 5.91 Å². The van der Waals surface area contributed by atoms with E-state index in [0.29, 0.717) is 34.7 Å². The maximum Gasteiger partial charge on any atom is 0.270 e. The molecule has 0 spiro atoms. The number of hydrogen-bond acceptors (Lipinski definition) is 4. The topological polar surface area (TPSA) is 66.9 Å². The molecule has 7 heteroatoms. The predicted molar refractivity (Wildman–Crippen MR) is 97.9 cm³/mol. The highest BCUT2D eigenvalue weighted by Gasteiger charge is 2.09. The second-order valence-electron chi connectivity index (χ2n) is 5.29. The third-order valence-electron chi connectivity index (χ3n) is 3.40. The van der Waals surface area contributed by atoms with Crippen LogP contribution in [0.3, 0.4) is 0 Å². The first-order valence-corrected chi connectivity index (χ1v) is 8.64. The van der Waals surface area contributed by atoms with Crippen molar-refractivity contribution in [3.8, 4) is 0 Å². The van der Waals surface area contributed by atoms with Gasteiger partial charge in [0.1, 0.15) is 5.69 Å². The molecule has 0 fully saturated rings. The van der Waals surface area contributed by atoms with Crippen LogP contribution in [-0.2, 0) is 6.42 Å². The molecule has 0 aliphatic carbocycles. The second-order valence-corrected chi connectivity index (χ2v) is 6.13. The van der Waals surface area contributed by atoms with Crippen LogP contribution in [0.4, 0.5) is 5.95 Å². The fourth-order valence-electron chi connectivity index (χ4n) is 2.07. The van der Waals surface area contributed by atoms with E-state index in [4.69, 9.17) is 23.2 Å². The van der Waals surface area contributed by atoms with Crippen molar-refractivity contribution in [3.05, 3.63) is 51.8 Å². The molecule has 1 heterocycles. The largest absolute Gasteiger partial charge is 0.354 e. The van der Waals surface area contributed by atoms with Gasteiger partial charge in [-0.05, 0) is 36.6 Å². The van der Waals surface area contributed by atoms with Crippen molar-refractivity contribution in [2.45, 2.75) is 26.2 Å². The lowest BCUT2D eigenvalue weighted by Crippen LogP contribution is -2.27. The van der Waals surface area contributed by atoms with Crippen LogP contribution in [-0.4, -0.2) is 29.0 Å². The zero-order valence-corrected chi connectivity index (χ0v) is 15.0. The Labute approximate surface area is 151 Å². The van der Waals surface area contributed by atoms with Gasteiger partial charge in [-0.1, -0.05) is 42.6 Å². The van der Waals surface area contributed by atoms with Crippen LogP contribution in [0.25, 0.3) is 0 Å². The first-order chi connectivity index (χ1) is 11.6. The molecule has 0 atom stereocenters. The number of aromatic nitrogens is 2. The molecule has 2 aromatic rings. The molecule has 0 saturated carbocycles. The summed E-state index contributed by atoms with van der Waals surface area (Å²) in [4.78, 5) is 20.5. The lowest BCUT2D eigenvalue weighted by Gasteiger charge is -2.08. The molecule has 1 amide bonds. The molecule has 128 valence electrons. The average Bonchev–Trinajstić information content (AvgIpc) is 2.57. The van der Waals surface area contributed by atoms with Crippen molar-refractivity contribution in [2.24, 2.45) is 0 Å². The summed E-state index contributed by atoms with van der Waals surface area (Å²) in [6.45, 7) is 3.36. The minimum Gasteiger partial charge on any atom is -0.354 e. The molecule has 5 nitrogen and oxygen atoms in total. The number of halogens is 2. The molecule has 24 heavy (non-hydrogen) atoms. The molecule has 2 rings (SSSR count). The predicted octanol–water partition coefficient (Wildman–Crippen LogP) is 3.97. The Morgan fingerprint density at radius 3 is 2.79 bits per heavy atom. The second kappa shape index (κ2) is 9.45. The number of carbonyl (C=O) groups excluding carboxylic acids is 1. The normalized spacial score (nSPS) is 10.5. The number of amides is 1. The number of rotatable bonds is 8. The van der Waals surface area contributed by atoms with Crippen molar-refractivity contribution >= 4 is 35.1 Å². The maximum absolute atomic E-state index is 12.2. The molecule has 1 aromatic heterocycles. The van der Waals surface area contributed by atoms with Gasteiger partial charge in [0.2, 0.25) is 5.95 Å². The molecule has 0 aliphatic rings. The van der Waals surface area contributed by atoms with Gasteiger partial charge < -0.3 is 10.6 Å². The Morgan fingerprint density at radius 1 is 1.21 bits per heavy atom. The summed E-state index contributed by atoms with van der Waals surface area (Å²) in [5.74, 6) is 0.234. The van der Waals surface area contributed by atoms with E-state index in [2.05, 4.69) is 27.5 Å². The summed E-state index contributed by atoms with van der Waals surface area (Å²) in [7, 11) is 0. The fourth-order valence-corrected chi connectivity index (χ4v) is 2.58. The highest BCUT2D eigenvalue weighted by Crippen LogP contribution is 2.21. The van der Waals surface area contributed by atoms with E-state index in [1.54, 1.807) is 24.4 Å². The van der Waals surface area contributed by atoms with E-state index < -0.39 is 0 Å². The van der Waals surface area contributed by atoms with Crippen molar-refractivity contribution in [2.75, 3.05) is 18.4 Å². The quantitative estimate of drug-likeness (QED) is 0.693. The van der Waals surface area contributed by atoms with E-state index >= 15 is 0 Å². The molecule has 0 bridgehead atoms. The van der Waals surface area contributed by atoms with Crippen LogP contribution >= 0.6 is 23.2 Å². The van der Waals surface area contributed by atoms with Gasteiger partial charge in [-0.2, -0.15) is 0 Å². The Kier molecular flexibility index (Phi) is 7.28. The number of anilines is 1. The van der Waals surface area contributed by atoms with Gasteiger partial charge in [0.05, 0.1) is 0 Å². The lowest BCUT2D eigenvalue weighted by atomic mass is 10.1. The molecular formula is C17H20Cl2N4O. The number of nitrogens with one attached hydrogen (secondary N) is 2. The van der Waals surface area contributed by atoms with E-state index in [-0.39, 0.29) is 5.91 Å². The van der Waals surface area contributed by atoms with Crippen LogP contribution in [0.2, 0.25) is 10.0 Å². The summed E-state index contributed by atoms with van der Waals surface area (Å²) < 4.78 is 0. The van der Waals surface area contributed by atoms with Crippen molar-refractivity contribution < 1.29 is 4.79 Å². The minimum absolute atomic E-state index is 0.235. The van der Waals surface area contributed by atoms with Crippen LogP contribution in [0.5, 0.6) is 0 Å². The third-order valence-corrected chi connectivity index (χ3v) is 3.98. The van der Waals surface area contributed by atoms with E-state index in [1.165, 1.54) is 0 Å². The van der Waals surface area contributed by atoms with Crippen molar-refractivity contribution in [1.82, 2.24) is 15.3 Å². The number of nitrogens with zero attached hydrogens (tertiary/aromatic N) is 2. The smallest absolute Gasteiger partial charge is 0.270 e. The Hall–Kier alpha value is -1.85. The van der Waals surface area contributed by atoms with Gasteiger partial charge in [-0.25, -0.2) is 9.97 Å². The zero-order valence-electron chi connectivity index (χ0n) is 13.5. The minimum atomic E-state index is -0.235. The molecule has 0 radical (unpaired) electrons. The SMILES string of the molecule is CCCCNc1nccc(C(=O)NCCc2ccc(Cl)cc2Cl)n1. The molecular weight excluding hydrogens is 347 g/mol. The Bertz CT molecular complexity index is 694. The van der Waals surface area contributed by atoms with Gasteiger partial charge in [0.15, 0.2) is 0 Å². The Morgan fingerprint density at radius 2 is 2.04 bits per heavy atom. The van der Waals surface area contributed by atoms with Gasteiger partial charge in [-0.15, -0.1) is 0 Å². The number of benzene rings is 1. The number of hydrogen-bond donors (Lipinski definition) is 2. The maximum atomic E-state index is 12.2. The number of carbonyl (C=O) groups is 1. The summed E-state index contributed by atoms with van der Waals surface area (Å²) in [6.07, 6.45) is 4.31. The average molecular weight is 367 g/mol. The standard InChI is InChI=1S/C17H20Cl2N4O/c1-2-3-8-21-17-22-10-7-15(23-17)16(24)20-9-6-12-4-5-13(18)11-14(12)19/h4-5,7,10-11H,2-3,6,8-9H2,1H3,(H,20,24)(H,21,22,23). The Balaban J connectivity index is 1.87. The summed E-state index contributed by atoms with van der Waals surface area (Å²) in [6, 6.07) is 6.93. The summed E-state index contributed by atoms with van der Waals surface area (Å²) in [5, 5.41) is 7.13. The lowest BCUT2D eigenvalue weighted by molar-refractivity contribution is 0.0949. The van der Waals surface area contributed by atoms with Gasteiger partial charge in [-0.3, -0.25) is 4.79 Å². The van der Waals surface area contributed by atoms with E-state index in [1.807, 2.05) is 6.07 Å².